The van der Waals surface area contributed by atoms with Crippen molar-refractivity contribution in [2.45, 2.75) is 31.7 Å². The fourth-order valence-electron chi connectivity index (χ4n) is 4.68. The van der Waals surface area contributed by atoms with Gasteiger partial charge in [0.2, 0.25) is 5.91 Å². The Morgan fingerprint density at radius 2 is 1.82 bits per heavy atom. The summed E-state index contributed by atoms with van der Waals surface area (Å²) in [4.78, 5) is 17.7. The van der Waals surface area contributed by atoms with E-state index in [1.54, 1.807) is 0 Å². The third-order valence-electron chi connectivity index (χ3n) is 6.28. The second-order valence-electron chi connectivity index (χ2n) is 7.86. The van der Waals surface area contributed by atoms with Crippen molar-refractivity contribution in [3.05, 3.63) is 65.7 Å². The molecule has 0 saturated carbocycles. The zero-order chi connectivity index (χ0) is 18.8. The summed E-state index contributed by atoms with van der Waals surface area (Å²) in [6.45, 7) is 5.31. The van der Waals surface area contributed by atoms with Crippen molar-refractivity contribution in [2.24, 2.45) is 11.7 Å². The van der Waals surface area contributed by atoms with Gasteiger partial charge in [0, 0.05) is 31.2 Å². The molecule has 0 aromatic heterocycles. The van der Waals surface area contributed by atoms with Crippen LogP contribution in [-0.4, -0.2) is 43.0 Å². The predicted molar refractivity (Wildman–Crippen MR) is 117 cm³/mol. The Morgan fingerprint density at radius 3 is 2.57 bits per heavy atom. The lowest BCUT2D eigenvalue weighted by Gasteiger charge is -2.34. The molecule has 2 heterocycles. The summed E-state index contributed by atoms with van der Waals surface area (Å²) in [6, 6.07) is 18.8. The lowest BCUT2D eigenvalue weighted by molar-refractivity contribution is -0.123. The van der Waals surface area contributed by atoms with Gasteiger partial charge in [-0.15, -0.1) is 12.4 Å². The number of aryl methyl sites for hydroxylation is 1. The van der Waals surface area contributed by atoms with Crippen LogP contribution in [0.3, 0.4) is 0 Å². The number of para-hydroxylation sites is 1. The molecule has 4 rings (SSSR count). The highest BCUT2D eigenvalue weighted by Gasteiger charge is 2.38. The number of rotatable bonds is 4. The smallest absolute Gasteiger partial charge is 0.244 e. The highest BCUT2D eigenvalue weighted by molar-refractivity contribution is 5.98. The van der Waals surface area contributed by atoms with Crippen LogP contribution in [0.25, 0.3) is 0 Å². The minimum Gasteiger partial charge on any atom is -0.330 e. The maximum absolute atomic E-state index is 13.3. The van der Waals surface area contributed by atoms with Crippen LogP contribution >= 0.6 is 12.4 Å². The molecule has 1 unspecified atom stereocenters. The zero-order valence-corrected chi connectivity index (χ0v) is 17.3. The number of anilines is 1. The van der Waals surface area contributed by atoms with Gasteiger partial charge in [-0.25, -0.2) is 0 Å². The second kappa shape index (κ2) is 9.08. The van der Waals surface area contributed by atoms with Crippen LogP contribution in [0.4, 0.5) is 5.69 Å². The van der Waals surface area contributed by atoms with Gasteiger partial charge in [0.1, 0.15) is 0 Å². The van der Waals surface area contributed by atoms with Gasteiger partial charge in [-0.3, -0.25) is 9.69 Å². The van der Waals surface area contributed by atoms with Crippen molar-refractivity contribution < 1.29 is 4.79 Å². The third kappa shape index (κ3) is 3.95. The van der Waals surface area contributed by atoms with Gasteiger partial charge in [-0.2, -0.15) is 0 Å². The number of halogens is 1. The summed E-state index contributed by atoms with van der Waals surface area (Å²) in [6.07, 6.45) is 2.09. The summed E-state index contributed by atoms with van der Waals surface area (Å²) in [5.41, 5.74) is 9.79. The number of carbonyl (C=O) groups excluding carboxylic acids is 1. The number of hydrogen-bond donors (Lipinski definition) is 1. The molecular weight excluding hydrogens is 370 g/mol. The van der Waals surface area contributed by atoms with Crippen molar-refractivity contribution >= 4 is 24.0 Å². The second-order valence-corrected chi connectivity index (χ2v) is 7.86. The highest BCUT2D eigenvalue weighted by atomic mass is 35.5. The van der Waals surface area contributed by atoms with E-state index in [0.717, 1.165) is 38.2 Å². The van der Waals surface area contributed by atoms with Crippen LogP contribution in [0.2, 0.25) is 0 Å². The SMILES string of the molecule is CC(C(=O)N1CCCc2ccccc21)N1C[C@@H](CN)[C@H](c2ccccc2)C1.Cl. The van der Waals surface area contributed by atoms with Crippen molar-refractivity contribution in [2.75, 3.05) is 31.1 Å². The van der Waals surface area contributed by atoms with Gasteiger partial charge >= 0.3 is 0 Å². The quantitative estimate of drug-likeness (QED) is 0.856. The van der Waals surface area contributed by atoms with Crippen molar-refractivity contribution in [1.82, 2.24) is 4.90 Å². The number of likely N-dealkylation sites (tertiary alicyclic amines) is 1. The molecule has 1 amide bonds. The Labute approximate surface area is 174 Å². The molecule has 3 atom stereocenters. The lowest BCUT2D eigenvalue weighted by Crippen LogP contribution is -2.48. The Morgan fingerprint density at radius 1 is 1.11 bits per heavy atom. The first-order valence-electron chi connectivity index (χ1n) is 10.1. The van der Waals surface area contributed by atoms with Gasteiger partial charge < -0.3 is 10.6 Å². The minimum absolute atomic E-state index is 0. The molecule has 1 saturated heterocycles. The number of amides is 1. The van der Waals surface area contributed by atoms with Gasteiger partial charge in [-0.1, -0.05) is 48.5 Å². The van der Waals surface area contributed by atoms with E-state index in [0.29, 0.717) is 18.4 Å². The van der Waals surface area contributed by atoms with Crippen molar-refractivity contribution in [3.63, 3.8) is 0 Å². The summed E-state index contributed by atoms with van der Waals surface area (Å²) in [7, 11) is 0. The summed E-state index contributed by atoms with van der Waals surface area (Å²) in [5, 5.41) is 0. The first-order valence-corrected chi connectivity index (χ1v) is 10.1. The normalized spacial score (nSPS) is 23.0. The molecule has 0 bridgehead atoms. The Hall–Kier alpha value is -1.88. The Balaban J connectivity index is 0.00000225. The molecule has 5 heteroatoms. The van der Waals surface area contributed by atoms with E-state index >= 15 is 0 Å². The topological polar surface area (TPSA) is 49.6 Å². The number of nitrogens with zero attached hydrogens (tertiary/aromatic N) is 2. The maximum atomic E-state index is 13.3. The summed E-state index contributed by atoms with van der Waals surface area (Å²) >= 11 is 0. The van der Waals surface area contributed by atoms with E-state index in [4.69, 9.17) is 5.73 Å². The molecule has 0 aliphatic carbocycles. The van der Waals surface area contributed by atoms with Gasteiger partial charge in [0.15, 0.2) is 0 Å². The van der Waals surface area contributed by atoms with E-state index in [1.165, 1.54) is 11.1 Å². The molecule has 1 fully saturated rings. The molecule has 0 radical (unpaired) electrons. The number of nitrogens with two attached hydrogens (primary N) is 1. The first-order chi connectivity index (χ1) is 13.2. The lowest BCUT2D eigenvalue weighted by atomic mass is 9.89. The van der Waals surface area contributed by atoms with E-state index in [2.05, 4.69) is 54.3 Å². The van der Waals surface area contributed by atoms with E-state index in [1.807, 2.05) is 17.0 Å². The molecule has 0 spiro atoms. The molecular formula is C23H30ClN3O. The van der Waals surface area contributed by atoms with Crippen LogP contribution in [0.5, 0.6) is 0 Å². The molecule has 2 aliphatic rings. The number of benzene rings is 2. The average molecular weight is 400 g/mol. The Kier molecular flexibility index (Phi) is 6.76. The third-order valence-corrected chi connectivity index (χ3v) is 6.28. The van der Waals surface area contributed by atoms with E-state index in [-0.39, 0.29) is 24.4 Å². The number of carbonyl (C=O) groups is 1. The molecule has 2 N–H and O–H groups in total. The first kappa shape index (κ1) is 20.8. The fourth-order valence-corrected chi connectivity index (χ4v) is 4.68. The van der Waals surface area contributed by atoms with Crippen LogP contribution in [0.15, 0.2) is 54.6 Å². The largest absolute Gasteiger partial charge is 0.330 e. The molecule has 2 aliphatic heterocycles. The van der Waals surface area contributed by atoms with Crippen LogP contribution < -0.4 is 10.6 Å². The molecule has 2 aromatic carbocycles. The van der Waals surface area contributed by atoms with E-state index in [9.17, 15) is 4.79 Å². The maximum Gasteiger partial charge on any atom is 0.244 e. The van der Waals surface area contributed by atoms with Crippen LogP contribution in [-0.2, 0) is 11.2 Å². The molecule has 28 heavy (non-hydrogen) atoms. The van der Waals surface area contributed by atoms with Crippen LogP contribution in [0.1, 0.15) is 30.4 Å². The average Bonchev–Trinajstić information content (AvgIpc) is 3.17. The highest BCUT2D eigenvalue weighted by Crippen LogP contribution is 2.34. The Bertz CT molecular complexity index is 797. The fraction of sp³-hybridized carbons (Fsp3) is 0.435. The molecule has 2 aromatic rings. The molecule has 150 valence electrons. The minimum atomic E-state index is -0.126. The number of hydrogen-bond acceptors (Lipinski definition) is 3. The van der Waals surface area contributed by atoms with Crippen molar-refractivity contribution in [3.8, 4) is 0 Å². The van der Waals surface area contributed by atoms with Crippen molar-refractivity contribution in [1.29, 1.82) is 0 Å². The predicted octanol–water partition coefficient (Wildman–Crippen LogP) is 3.45. The summed E-state index contributed by atoms with van der Waals surface area (Å²) < 4.78 is 0. The molecule has 4 nitrogen and oxygen atoms in total. The standard InChI is InChI=1S/C23H29N3O.ClH/c1-17(23(27)26-13-7-11-19-10-5-6-12-22(19)26)25-15-20(14-24)21(16-25)18-8-3-2-4-9-18;/h2-6,8-10,12,17,20-21H,7,11,13-16,24H2,1H3;1H/t17?,20-,21+;/m1./s1. The van der Waals surface area contributed by atoms with Gasteiger partial charge in [-0.05, 0) is 49.4 Å². The van der Waals surface area contributed by atoms with Crippen LogP contribution in [0, 0.1) is 5.92 Å². The zero-order valence-electron chi connectivity index (χ0n) is 16.5. The monoisotopic (exact) mass is 399 g/mol. The number of fused-ring (bicyclic) bond motifs is 1. The van der Waals surface area contributed by atoms with E-state index < -0.39 is 0 Å². The van der Waals surface area contributed by atoms with Gasteiger partial charge in [0.25, 0.3) is 0 Å². The summed E-state index contributed by atoms with van der Waals surface area (Å²) in [5.74, 6) is 1.02. The van der Waals surface area contributed by atoms with Gasteiger partial charge in [0.05, 0.1) is 6.04 Å².